The summed E-state index contributed by atoms with van der Waals surface area (Å²) in [5.41, 5.74) is 0.647. The minimum Gasteiger partial charge on any atom is -0.489 e. The standard InChI is InChI=1S/C11H12N2O4/c1-7(14)6-17-8-2-3-10-9(11(15)16)4-12-13(10)5-8/h2-5,7,14H,6H2,1H3,(H,15,16)/t7-/m1/s1. The lowest BCUT2D eigenvalue weighted by molar-refractivity contribution is 0.0699. The van der Waals surface area contributed by atoms with Crippen LogP contribution in [0.25, 0.3) is 5.52 Å². The summed E-state index contributed by atoms with van der Waals surface area (Å²) in [6.07, 6.45) is 2.30. The van der Waals surface area contributed by atoms with Crippen LogP contribution in [0.2, 0.25) is 0 Å². The number of hydrogen-bond acceptors (Lipinski definition) is 4. The number of hydrogen-bond donors (Lipinski definition) is 2. The first kappa shape index (κ1) is 11.4. The van der Waals surface area contributed by atoms with E-state index in [1.54, 1.807) is 25.3 Å². The Morgan fingerprint density at radius 2 is 2.35 bits per heavy atom. The predicted octanol–water partition coefficient (Wildman–Crippen LogP) is 0.792. The number of fused-ring (bicyclic) bond motifs is 1. The molecule has 17 heavy (non-hydrogen) atoms. The van der Waals surface area contributed by atoms with Gasteiger partial charge in [-0.25, -0.2) is 9.31 Å². The van der Waals surface area contributed by atoms with Gasteiger partial charge in [0.15, 0.2) is 0 Å². The topological polar surface area (TPSA) is 84.1 Å². The van der Waals surface area contributed by atoms with Crippen molar-refractivity contribution >= 4 is 11.5 Å². The first-order valence-corrected chi connectivity index (χ1v) is 5.09. The summed E-state index contributed by atoms with van der Waals surface area (Å²) in [6, 6.07) is 3.26. The fourth-order valence-corrected chi connectivity index (χ4v) is 1.43. The number of pyridine rings is 1. The highest BCUT2D eigenvalue weighted by Crippen LogP contribution is 2.16. The number of rotatable bonds is 4. The number of aliphatic hydroxyl groups is 1. The van der Waals surface area contributed by atoms with Crippen molar-refractivity contribution in [2.24, 2.45) is 0 Å². The van der Waals surface area contributed by atoms with E-state index in [-0.39, 0.29) is 12.2 Å². The fraction of sp³-hybridized carbons (Fsp3) is 0.273. The van der Waals surface area contributed by atoms with Gasteiger partial charge in [0.05, 0.1) is 24.0 Å². The molecule has 0 radical (unpaired) electrons. The normalized spacial score (nSPS) is 12.6. The SMILES string of the molecule is C[C@@H](O)COc1ccc2c(C(=O)O)cnn2c1. The number of aromatic nitrogens is 2. The van der Waals surface area contributed by atoms with E-state index < -0.39 is 12.1 Å². The van der Waals surface area contributed by atoms with Crippen molar-refractivity contribution in [1.82, 2.24) is 9.61 Å². The summed E-state index contributed by atoms with van der Waals surface area (Å²) >= 11 is 0. The molecule has 0 aliphatic rings. The van der Waals surface area contributed by atoms with E-state index in [0.29, 0.717) is 11.3 Å². The quantitative estimate of drug-likeness (QED) is 0.820. The first-order valence-electron chi connectivity index (χ1n) is 5.09. The van der Waals surface area contributed by atoms with Gasteiger partial charge in [-0.2, -0.15) is 5.10 Å². The molecule has 6 nitrogen and oxygen atoms in total. The Balaban J connectivity index is 2.29. The van der Waals surface area contributed by atoms with Crippen molar-refractivity contribution in [3.05, 3.63) is 30.1 Å². The molecule has 2 aromatic heterocycles. The first-order chi connectivity index (χ1) is 8.08. The van der Waals surface area contributed by atoms with Gasteiger partial charge >= 0.3 is 5.97 Å². The van der Waals surface area contributed by atoms with Gasteiger partial charge in [-0.15, -0.1) is 0 Å². The van der Waals surface area contributed by atoms with Crippen LogP contribution in [0.5, 0.6) is 5.75 Å². The minimum absolute atomic E-state index is 0.145. The lowest BCUT2D eigenvalue weighted by atomic mass is 10.2. The van der Waals surface area contributed by atoms with Gasteiger partial charge in [-0.3, -0.25) is 0 Å². The maximum atomic E-state index is 10.9. The van der Waals surface area contributed by atoms with Gasteiger partial charge in [-0.1, -0.05) is 0 Å². The van der Waals surface area contributed by atoms with Crippen molar-refractivity contribution in [3.63, 3.8) is 0 Å². The molecule has 0 saturated carbocycles. The van der Waals surface area contributed by atoms with E-state index in [1.807, 2.05) is 0 Å². The molecule has 0 aliphatic heterocycles. The Morgan fingerprint density at radius 1 is 1.59 bits per heavy atom. The highest BCUT2D eigenvalue weighted by Gasteiger charge is 2.11. The minimum atomic E-state index is -1.02. The van der Waals surface area contributed by atoms with Crippen molar-refractivity contribution in [2.45, 2.75) is 13.0 Å². The van der Waals surface area contributed by atoms with Gasteiger partial charge in [0, 0.05) is 0 Å². The maximum absolute atomic E-state index is 10.9. The summed E-state index contributed by atoms with van der Waals surface area (Å²) in [4.78, 5) is 10.9. The molecule has 0 spiro atoms. The Kier molecular flexibility index (Phi) is 2.97. The average molecular weight is 236 g/mol. The molecule has 1 atom stereocenters. The van der Waals surface area contributed by atoms with Crippen LogP contribution in [0.1, 0.15) is 17.3 Å². The van der Waals surface area contributed by atoms with Crippen LogP contribution in [0.15, 0.2) is 24.5 Å². The van der Waals surface area contributed by atoms with Crippen molar-refractivity contribution in [2.75, 3.05) is 6.61 Å². The zero-order chi connectivity index (χ0) is 12.4. The summed E-state index contributed by atoms with van der Waals surface area (Å²) in [5.74, 6) is -0.490. The van der Waals surface area contributed by atoms with Gasteiger partial charge in [0.2, 0.25) is 0 Å². The number of aliphatic hydroxyl groups excluding tert-OH is 1. The molecule has 0 aromatic carbocycles. The van der Waals surface area contributed by atoms with Crippen LogP contribution >= 0.6 is 0 Å². The number of ether oxygens (including phenoxy) is 1. The van der Waals surface area contributed by atoms with Crippen molar-refractivity contribution in [3.8, 4) is 5.75 Å². The Hall–Kier alpha value is -2.08. The monoisotopic (exact) mass is 236 g/mol. The largest absolute Gasteiger partial charge is 0.489 e. The predicted molar refractivity (Wildman–Crippen MR) is 59.3 cm³/mol. The second kappa shape index (κ2) is 4.42. The number of aromatic carboxylic acids is 1. The molecule has 6 heteroatoms. The van der Waals surface area contributed by atoms with Gasteiger partial charge in [0.25, 0.3) is 0 Å². The lowest BCUT2D eigenvalue weighted by Crippen LogP contribution is -2.13. The highest BCUT2D eigenvalue weighted by molar-refractivity contribution is 5.95. The molecular weight excluding hydrogens is 224 g/mol. The zero-order valence-electron chi connectivity index (χ0n) is 9.20. The highest BCUT2D eigenvalue weighted by atomic mass is 16.5. The lowest BCUT2D eigenvalue weighted by Gasteiger charge is -2.07. The number of carboxylic acid groups (broad SMARTS) is 1. The van der Waals surface area contributed by atoms with Crippen LogP contribution < -0.4 is 4.74 Å². The van der Waals surface area contributed by atoms with E-state index >= 15 is 0 Å². The van der Waals surface area contributed by atoms with Crippen LogP contribution in [-0.2, 0) is 0 Å². The van der Waals surface area contributed by atoms with Crippen LogP contribution in [0.3, 0.4) is 0 Å². The number of carbonyl (C=O) groups is 1. The Labute approximate surface area is 97.1 Å². The molecule has 0 unspecified atom stereocenters. The van der Waals surface area contributed by atoms with Crippen LogP contribution in [0.4, 0.5) is 0 Å². The Bertz CT molecular complexity index is 547. The molecule has 0 amide bonds. The van der Waals surface area contributed by atoms with E-state index in [2.05, 4.69) is 5.10 Å². The smallest absolute Gasteiger partial charge is 0.339 e. The van der Waals surface area contributed by atoms with Crippen LogP contribution in [0, 0.1) is 0 Å². The molecule has 2 aromatic rings. The molecule has 2 rings (SSSR count). The third-order valence-corrected chi connectivity index (χ3v) is 2.21. The van der Waals surface area contributed by atoms with Gasteiger partial charge in [-0.05, 0) is 19.1 Å². The van der Waals surface area contributed by atoms with E-state index in [0.717, 1.165) is 0 Å². The Morgan fingerprint density at radius 3 is 3.00 bits per heavy atom. The third-order valence-electron chi connectivity index (χ3n) is 2.21. The summed E-state index contributed by atoms with van der Waals surface area (Å²) in [6.45, 7) is 1.80. The van der Waals surface area contributed by atoms with Gasteiger partial charge < -0.3 is 14.9 Å². The summed E-state index contributed by atoms with van der Waals surface area (Å²) < 4.78 is 6.72. The zero-order valence-corrected chi connectivity index (χ0v) is 9.20. The van der Waals surface area contributed by atoms with E-state index in [1.165, 1.54) is 10.7 Å². The maximum Gasteiger partial charge on any atom is 0.339 e. The van der Waals surface area contributed by atoms with E-state index in [9.17, 15) is 4.79 Å². The van der Waals surface area contributed by atoms with Crippen molar-refractivity contribution < 1.29 is 19.7 Å². The summed E-state index contributed by atoms with van der Waals surface area (Å²) in [7, 11) is 0. The molecule has 2 heterocycles. The van der Waals surface area contributed by atoms with Crippen LogP contribution in [-0.4, -0.2) is 38.5 Å². The number of nitrogens with zero attached hydrogens (tertiary/aromatic N) is 2. The second-order valence-corrected chi connectivity index (χ2v) is 3.72. The van der Waals surface area contributed by atoms with E-state index in [4.69, 9.17) is 14.9 Å². The van der Waals surface area contributed by atoms with Gasteiger partial charge in [0.1, 0.15) is 17.9 Å². The molecule has 90 valence electrons. The summed E-state index contributed by atoms with van der Waals surface area (Å²) in [5, 5.41) is 21.9. The fourth-order valence-electron chi connectivity index (χ4n) is 1.43. The molecule has 0 bridgehead atoms. The van der Waals surface area contributed by atoms with Crippen molar-refractivity contribution in [1.29, 1.82) is 0 Å². The molecule has 0 fully saturated rings. The molecule has 0 aliphatic carbocycles. The molecule has 2 N–H and O–H groups in total. The molecule has 0 saturated heterocycles. The molecular formula is C11H12N2O4. The third kappa shape index (κ3) is 2.36. The second-order valence-electron chi connectivity index (χ2n) is 3.72. The average Bonchev–Trinajstić information content (AvgIpc) is 2.69. The number of carboxylic acids is 1.